The number of halogens is 1. The van der Waals surface area contributed by atoms with Gasteiger partial charge in [-0.05, 0) is 29.0 Å². The number of thiophene rings is 1. The van der Waals surface area contributed by atoms with Crippen molar-refractivity contribution < 1.29 is 5.21 Å². The van der Waals surface area contributed by atoms with Crippen LogP contribution in [0.3, 0.4) is 0 Å². The summed E-state index contributed by atoms with van der Waals surface area (Å²) < 4.78 is 1.09. The van der Waals surface area contributed by atoms with Crippen LogP contribution >= 0.6 is 27.3 Å². The molecule has 0 bridgehead atoms. The lowest BCUT2D eigenvalue weighted by Gasteiger charge is -2.13. The maximum Gasteiger partial charge on any atom is 0.153 e. The fraction of sp³-hybridized carbons (Fsp3) is 0.375. The van der Waals surface area contributed by atoms with Crippen LogP contribution in [0.15, 0.2) is 21.1 Å². The minimum Gasteiger partial charge on any atom is -0.409 e. The van der Waals surface area contributed by atoms with Gasteiger partial charge in [-0.2, -0.15) is 0 Å². The van der Waals surface area contributed by atoms with Crippen LogP contribution in [0, 0.1) is 0 Å². The highest BCUT2D eigenvalue weighted by Gasteiger charge is 2.04. The molecule has 0 atom stereocenters. The molecule has 0 radical (unpaired) electrons. The number of likely N-dealkylation sites (N-methyl/N-ethyl adjacent to an activating group) is 1. The van der Waals surface area contributed by atoms with Crippen molar-refractivity contribution in [2.24, 2.45) is 10.9 Å². The van der Waals surface area contributed by atoms with Crippen molar-refractivity contribution in [3.63, 3.8) is 0 Å². The third-order valence-electron chi connectivity index (χ3n) is 1.61. The van der Waals surface area contributed by atoms with Crippen LogP contribution < -0.4 is 5.73 Å². The second-order valence-electron chi connectivity index (χ2n) is 2.99. The normalized spacial score (nSPS) is 12.4. The fourth-order valence-electron chi connectivity index (χ4n) is 1.07. The minimum atomic E-state index is 0.225. The molecule has 0 aromatic carbocycles. The van der Waals surface area contributed by atoms with Crippen molar-refractivity contribution in [3.8, 4) is 0 Å². The van der Waals surface area contributed by atoms with E-state index in [1.807, 2.05) is 17.3 Å². The Kier molecular flexibility index (Phi) is 4.37. The average molecular weight is 278 g/mol. The van der Waals surface area contributed by atoms with E-state index in [1.54, 1.807) is 11.3 Å². The molecule has 0 amide bonds. The van der Waals surface area contributed by atoms with Gasteiger partial charge in [0.05, 0.1) is 6.54 Å². The molecule has 4 nitrogen and oxygen atoms in total. The van der Waals surface area contributed by atoms with E-state index < -0.39 is 0 Å². The Morgan fingerprint density at radius 1 is 1.79 bits per heavy atom. The maximum absolute atomic E-state index is 8.39. The quantitative estimate of drug-likeness (QED) is 0.381. The van der Waals surface area contributed by atoms with Gasteiger partial charge < -0.3 is 10.9 Å². The predicted octanol–water partition coefficient (Wildman–Crippen LogP) is 1.69. The van der Waals surface area contributed by atoms with Crippen LogP contribution in [0.1, 0.15) is 4.88 Å². The molecule has 0 spiro atoms. The highest BCUT2D eigenvalue weighted by Crippen LogP contribution is 2.20. The Morgan fingerprint density at radius 2 is 2.50 bits per heavy atom. The van der Waals surface area contributed by atoms with Gasteiger partial charge in [0, 0.05) is 21.3 Å². The molecule has 0 fully saturated rings. The van der Waals surface area contributed by atoms with E-state index in [0.29, 0.717) is 6.54 Å². The molecular formula is C8H12BrN3OS. The number of nitrogens with zero attached hydrogens (tertiary/aromatic N) is 2. The number of oxime groups is 1. The smallest absolute Gasteiger partial charge is 0.153 e. The first-order chi connectivity index (χ1) is 6.61. The lowest BCUT2D eigenvalue weighted by molar-refractivity contribution is 0.308. The molecule has 1 aromatic heterocycles. The predicted molar refractivity (Wildman–Crippen MR) is 61.8 cm³/mol. The van der Waals surface area contributed by atoms with Crippen LogP contribution in [0.5, 0.6) is 0 Å². The van der Waals surface area contributed by atoms with E-state index in [2.05, 4.69) is 27.2 Å². The molecule has 0 aliphatic heterocycles. The molecule has 6 heteroatoms. The third-order valence-corrected chi connectivity index (χ3v) is 3.29. The summed E-state index contributed by atoms with van der Waals surface area (Å²) in [6, 6.07) is 2.06. The Labute approximate surface area is 95.1 Å². The summed E-state index contributed by atoms with van der Waals surface area (Å²) in [5.41, 5.74) is 5.39. The molecule has 78 valence electrons. The van der Waals surface area contributed by atoms with Gasteiger partial charge in [0.25, 0.3) is 0 Å². The number of nitrogens with two attached hydrogens (primary N) is 1. The van der Waals surface area contributed by atoms with Crippen molar-refractivity contribution in [2.45, 2.75) is 6.54 Å². The van der Waals surface area contributed by atoms with Crippen molar-refractivity contribution in [3.05, 3.63) is 20.8 Å². The highest BCUT2D eigenvalue weighted by atomic mass is 79.9. The third kappa shape index (κ3) is 3.65. The van der Waals surface area contributed by atoms with E-state index in [4.69, 9.17) is 10.9 Å². The SMILES string of the molecule is CN(CC(N)=NO)Cc1cc(Br)cs1. The van der Waals surface area contributed by atoms with Crippen molar-refractivity contribution >= 4 is 33.1 Å². The van der Waals surface area contributed by atoms with Gasteiger partial charge in [0.2, 0.25) is 0 Å². The Hall–Kier alpha value is -0.590. The first kappa shape index (κ1) is 11.5. The highest BCUT2D eigenvalue weighted by molar-refractivity contribution is 9.10. The monoisotopic (exact) mass is 277 g/mol. The van der Waals surface area contributed by atoms with Gasteiger partial charge in [-0.3, -0.25) is 4.90 Å². The Morgan fingerprint density at radius 3 is 3.00 bits per heavy atom. The first-order valence-corrected chi connectivity index (χ1v) is 5.67. The molecule has 0 unspecified atom stereocenters. The van der Waals surface area contributed by atoms with Crippen LogP contribution in [0.4, 0.5) is 0 Å². The number of rotatable bonds is 4. The van der Waals surface area contributed by atoms with Crippen LogP contribution in [-0.2, 0) is 6.54 Å². The van der Waals surface area contributed by atoms with Crippen molar-refractivity contribution in [2.75, 3.05) is 13.6 Å². The van der Waals surface area contributed by atoms with Gasteiger partial charge >= 0.3 is 0 Å². The molecule has 1 rings (SSSR count). The van der Waals surface area contributed by atoms with Crippen LogP contribution in [-0.4, -0.2) is 29.5 Å². The number of amidine groups is 1. The van der Waals surface area contributed by atoms with Crippen molar-refractivity contribution in [1.29, 1.82) is 0 Å². The average Bonchev–Trinajstić information content (AvgIpc) is 2.50. The van der Waals surface area contributed by atoms with Crippen LogP contribution in [0.25, 0.3) is 0 Å². The van der Waals surface area contributed by atoms with Crippen LogP contribution in [0.2, 0.25) is 0 Å². The topological polar surface area (TPSA) is 61.8 Å². The van der Waals surface area contributed by atoms with E-state index in [9.17, 15) is 0 Å². The van der Waals surface area contributed by atoms with E-state index in [0.717, 1.165) is 11.0 Å². The molecule has 3 N–H and O–H groups in total. The summed E-state index contributed by atoms with van der Waals surface area (Å²) in [4.78, 5) is 3.22. The second kappa shape index (κ2) is 5.33. The molecule has 14 heavy (non-hydrogen) atoms. The molecule has 0 saturated carbocycles. The van der Waals surface area contributed by atoms with E-state index in [1.165, 1.54) is 4.88 Å². The zero-order valence-electron chi connectivity index (χ0n) is 7.77. The summed E-state index contributed by atoms with van der Waals surface area (Å²) in [5, 5.41) is 13.3. The summed E-state index contributed by atoms with van der Waals surface area (Å²) in [6.45, 7) is 1.26. The van der Waals surface area contributed by atoms with E-state index in [-0.39, 0.29) is 5.84 Å². The molecule has 0 aliphatic carbocycles. The minimum absolute atomic E-state index is 0.225. The molecule has 1 heterocycles. The molecule has 1 aromatic rings. The fourth-order valence-corrected chi connectivity index (χ4v) is 2.60. The molecular weight excluding hydrogens is 266 g/mol. The Bertz CT molecular complexity index is 326. The largest absolute Gasteiger partial charge is 0.409 e. The van der Waals surface area contributed by atoms with Gasteiger partial charge in [0.1, 0.15) is 0 Å². The van der Waals surface area contributed by atoms with Gasteiger partial charge in [-0.15, -0.1) is 11.3 Å². The van der Waals surface area contributed by atoms with Gasteiger partial charge in [-0.1, -0.05) is 5.16 Å². The second-order valence-corrected chi connectivity index (χ2v) is 4.91. The summed E-state index contributed by atoms with van der Waals surface area (Å²) in [7, 11) is 1.92. The zero-order chi connectivity index (χ0) is 10.6. The van der Waals surface area contributed by atoms with Gasteiger partial charge in [-0.25, -0.2) is 0 Å². The molecule has 0 saturated heterocycles. The number of hydrogen-bond donors (Lipinski definition) is 2. The molecule has 0 aliphatic rings. The number of hydrogen-bond acceptors (Lipinski definition) is 4. The summed E-state index contributed by atoms with van der Waals surface area (Å²) in [5.74, 6) is 0.225. The first-order valence-electron chi connectivity index (χ1n) is 3.99. The zero-order valence-corrected chi connectivity index (χ0v) is 10.2. The van der Waals surface area contributed by atoms with Crippen molar-refractivity contribution in [1.82, 2.24) is 4.90 Å². The summed E-state index contributed by atoms with van der Waals surface area (Å²) in [6.07, 6.45) is 0. The lowest BCUT2D eigenvalue weighted by Crippen LogP contribution is -2.30. The summed E-state index contributed by atoms with van der Waals surface area (Å²) >= 11 is 5.07. The van der Waals surface area contributed by atoms with E-state index >= 15 is 0 Å². The lowest BCUT2D eigenvalue weighted by atomic mass is 10.4. The Balaban J connectivity index is 2.45. The standard InChI is InChI=1S/C8H12BrN3OS/c1-12(4-8(10)11-13)3-7-2-6(9)5-14-7/h2,5,13H,3-4H2,1H3,(H2,10,11). The maximum atomic E-state index is 8.39. The van der Waals surface area contributed by atoms with Gasteiger partial charge in [0.15, 0.2) is 5.84 Å².